The number of carbonyl (C=O) groups is 2. The van der Waals surface area contributed by atoms with E-state index < -0.39 is 6.10 Å². The highest BCUT2D eigenvalue weighted by Gasteiger charge is 2.19. The Kier molecular flexibility index (Phi) is 5.92. The number of benzene rings is 2. The molecule has 120 valence electrons. The summed E-state index contributed by atoms with van der Waals surface area (Å²) in [5.41, 5.74) is 1.56. The summed E-state index contributed by atoms with van der Waals surface area (Å²) in [7, 11) is 1.61. The zero-order valence-electron chi connectivity index (χ0n) is 13.3. The third kappa shape index (κ3) is 4.95. The Labute approximate surface area is 136 Å². The van der Waals surface area contributed by atoms with Crippen LogP contribution in [0.4, 0.5) is 0 Å². The van der Waals surface area contributed by atoms with E-state index in [0.717, 1.165) is 11.3 Å². The highest BCUT2D eigenvalue weighted by Crippen LogP contribution is 2.13. The molecule has 0 saturated heterocycles. The summed E-state index contributed by atoms with van der Waals surface area (Å²) in [6.07, 6.45) is 0.0224. The SMILES string of the molecule is COc1ccc(CCC(=O)OC(C)C(=O)c2ccccc2)cc1. The fourth-order valence-electron chi connectivity index (χ4n) is 2.19. The van der Waals surface area contributed by atoms with Crippen molar-refractivity contribution in [2.24, 2.45) is 0 Å². The van der Waals surface area contributed by atoms with Crippen molar-refractivity contribution in [1.82, 2.24) is 0 Å². The van der Waals surface area contributed by atoms with Crippen LogP contribution in [0.1, 0.15) is 29.3 Å². The first-order valence-electron chi connectivity index (χ1n) is 7.52. The van der Waals surface area contributed by atoms with E-state index in [4.69, 9.17) is 9.47 Å². The van der Waals surface area contributed by atoms with Crippen molar-refractivity contribution in [2.45, 2.75) is 25.9 Å². The van der Waals surface area contributed by atoms with Crippen molar-refractivity contribution >= 4 is 11.8 Å². The Morgan fingerprint density at radius 3 is 2.26 bits per heavy atom. The number of esters is 1. The number of methoxy groups -OCH3 is 1. The van der Waals surface area contributed by atoms with Crippen LogP contribution in [-0.2, 0) is 16.0 Å². The van der Waals surface area contributed by atoms with Crippen LogP contribution in [0.3, 0.4) is 0 Å². The lowest BCUT2D eigenvalue weighted by Gasteiger charge is -2.12. The van der Waals surface area contributed by atoms with Crippen molar-refractivity contribution in [2.75, 3.05) is 7.11 Å². The summed E-state index contributed by atoms with van der Waals surface area (Å²) in [6, 6.07) is 16.3. The molecule has 0 amide bonds. The predicted octanol–water partition coefficient (Wildman–Crippen LogP) is 3.44. The predicted molar refractivity (Wildman–Crippen MR) is 87.6 cm³/mol. The number of ether oxygens (including phenoxy) is 2. The summed E-state index contributed by atoms with van der Waals surface area (Å²) in [5, 5.41) is 0. The molecule has 1 unspecified atom stereocenters. The molecule has 2 rings (SSSR count). The molecule has 2 aromatic rings. The molecule has 1 atom stereocenters. The quantitative estimate of drug-likeness (QED) is 0.580. The minimum absolute atomic E-state index is 0.191. The molecule has 23 heavy (non-hydrogen) atoms. The Morgan fingerprint density at radius 2 is 1.65 bits per heavy atom. The van der Waals surface area contributed by atoms with Gasteiger partial charge in [0, 0.05) is 12.0 Å². The van der Waals surface area contributed by atoms with Gasteiger partial charge in [0.15, 0.2) is 6.10 Å². The first-order valence-corrected chi connectivity index (χ1v) is 7.52. The maximum Gasteiger partial charge on any atom is 0.306 e. The lowest BCUT2D eigenvalue weighted by molar-refractivity contribution is -0.146. The van der Waals surface area contributed by atoms with Crippen molar-refractivity contribution in [3.8, 4) is 5.75 Å². The van der Waals surface area contributed by atoms with Gasteiger partial charge in [-0.1, -0.05) is 42.5 Å². The largest absolute Gasteiger partial charge is 0.497 e. The van der Waals surface area contributed by atoms with Gasteiger partial charge >= 0.3 is 5.97 Å². The van der Waals surface area contributed by atoms with E-state index in [1.54, 1.807) is 38.3 Å². The van der Waals surface area contributed by atoms with Crippen LogP contribution >= 0.6 is 0 Å². The van der Waals surface area contributed by atoms with E-state index >= 15 is 0 Å². The van der Waals surface area contributed by atoms with Crippen LogP contribution in [0.2, 0.25) is 0 Å². The van der Waals surface area contributed by atoms with Crippen LogP contribution in [0.15, 0.2) is 54.6 Å². The smallest absolute Gasteiger partial charge is 0.306 e. The minimum atomic E-state index is -0.777. The molecule has 0 heterocycles. The van der Waals surface area contributed by atoms with Gasteiger partial charge in [-0.25, -0.2) is 0 Å². The number of aryl methyl sites for hydroxylation is 1. The monoisotopic (exact) mass is 312 g/mol. The van der Waals surface area contributed by atoms with E-state index in [1.165, 1.54) is 0 Å². The number of hydrogen-bond acceptors (Lipinski definition) is 4. The molecule has 0 aromatic heterocycles. The average Bonchev–Trinajstić information content (AvgIpc) is 2.60. The standard InChI is InChI=1S/C19H20O4/c1-14(19(21)16-6-4-3-5-7-16)23-18(20)13-10-15-8-11-17(22-2)12-9-15/h3-9,11-12,14H,10,13H2,1-2H3. The Hall–Kier alpha value is -2.62. The first-order chi connectivity index (χ1) is 11.1. The number of Topliss-reactive ketones (excluding diaryl/α,β-unsaturated/α-hetero) is 1. The average molecular weight is 312 g/mol. The van der Waals surface area contributed by atoms with E-state index in [1.807, 2.05) is 30.3 Å². The zero-order valence-corrected chi connectivity index (χ0v) is 13.3. The van der Waals surface area contributed by atoms with Gasteiger partial charge in [0.25, 0.3) is 0 Å². The molecule has 0 radical (unpaired) electrons. The molecule has 0 spiro atoms. The highest BCUT2D eigenvalue weighted by atomic mass is 16.5. The molecule has 0 fully saturated rings. The van der Waals surface area contributed by atoms with Crippen LogP contribution in [-0.4, -0.2) is 25.0 Å². The molecule has 0 bridgehead atoms. The Bertz CT molecular complexity index is 647. The topological polar surface area (TPSA) is 52.6 Å². The van der Waals surface area contributed by atoms with E-state index in [2.05, 4.69) is 0 Å². The Morgan fingerprint density at radius 1 is 1.00 bits per heavy atom. The van der Waals surface area contributed by atoms with Crippen molar-refractivity contribution in [3.63, 3.8) is 0 Å². The van der Waals surface area contributed by atoms with Crippen LogP contribution < -0.4 is 4.74 Å². The van der Waals surface area contributed by atoms with Crippen molar-refractivity contribution in [1.29, 1.82) is 0 Å². The highest BCUT2D eigenvalue weighted by molar-refractivity contribution is 6.00. The molecule has 0 saturated carbocycles. The van der Waals surface area contributed by atoms with Crippen LogP contribution in [0.5, 0.6) is 5.75 Å². The molecule has 0 aliphatic carbocycles. The minimum Gasteiger partial charge on any atom is -0.497 e. The molecular weight excluding hydrogens is 292 g/mol. The molecule has 0 aliphatic rings. The number of carbonyl (C=O) groups excluding carboxylic acids is 2. The molecule has 4 heteroatoms. The fourth-order valence-corrected chi connectivity index (χ4v) is 2.19. The molecule has 0 N–H and O–H groups in total. The maximum atomic E-state index is 12.1. The lowest BCUT2D eigenvalue weighted by Crippen LogP contribution is -2.24. The first kappa shape index (κ1) is 16.7. The van der Waals surface area contributed by atoms with E-state index in [9.17, 15) is 9.59 Å². The number of rotatable bonds is 7. The third-order valence-corrected chi connectivity index (χ3v) is 3.51. The van der Waals surface area contributed by atoms with Gasteiger partial charge < -0.3 is 9.47 Å². The second-order valence-corrected chi connectivity index (χ2v) is 5.21. The van der Waals surface area contributed by atoms with E-state index in [0.29, 0.717) is 12.0 Å². The van der Waals surface area contributed by atoms with Crippen molar-refractivity contribution < 1.29 is 19.1 Å². The third-order valence-electron chi connectivity index (χ3n) is 3.51. The molecule has 4 nitrogen and oxygen atoms in total. The van der Waals surface area contributed by atoms with Crippen molar-refractivity contribution in [3.05, 3.63) is 65.7 Å². The lowest BCUT2D eigenvalue weighted by atomic mass is 10.1. The normalized spacial score (nSPS) is 11.6. The Balaban J connectivity index is 1.83. The summed E-state index contributed by atoms with van der Waals surface area (Å²) in [4.78, 5) is 24.0. The number of hydrogen-bond donors (Lipinski definition) is 0. The van der Waals surface area contributed by atoms with Gasteiger partial charge in [-0.15, -0.1) is 0 Å². The second kappa shape index (κ2) is 8.13. The summed E-state index contributed by atoms with van der Waals surface area (Å²) >= 11 is 0. The van der Waals surface area contributed by atoms with Gasteiger partial charge in [-0.05, 0) is 31.0 Å². The van der Waals surface area contributed by atoms with Gasteiger partial charge in [-0.2, -0.15) is 0 Å². The van der Waals surface area contributed by atoms with Crippen LogP contribution in [0, 0.1) is 0 Å². The van der Waals surface area contributed by atoms with Gasteiger partial charge in [0.2, 0.25) is 5.78 Å². The van der Waals surface area contributed by atoms with Gasteiger partial charge in [-0.3, -0.25) is 9.59 Å². The van der Waals surface area contributed by atoms with Gasteiger partial charge in [0.1, 0.15) is 5.75 Å². The van der Waals surface area contributed by atoms with Gasteiger partial charge in [0.05, 0.1) is 7.11 Å². The summed E-state index contributed by atoms with van der Waals surface area (Å²) in [6.45, 7) is 1.60. The van der Waals surface area contributed by atoms with Crippen LogP contribution in [0.25, 0.3) is 0 Å². The summed E-state index contributed by atoms with van der Waals surface area (Å²) < 4.78 is 10.3. The fraction of sp³-hybridized carbons (Fsp3) is 0.263. The molecular formula is C19H20O4. The summed E-state index contributed by atoms with van der Waals surface area (Å²) in [5.74, 6) is 0.208. The number of ketones is 1. The van der Waals surface area contributed by atoms with E-state index in [-0.39, 0.29) is 18.2 Å². The zero-order chi connectivity index (χ0) is 16.7. The maximum absolute atomic E-state index is 12.1. The molecule has 0 aliphatic heterocycles. The molecule has 2 aromatic carbocycles. The second-order valence-electron chi connectivity index (χ2n) is 5.21.